The van der Waals surface area contributed by atoms with Crippen LogP contribution in [0.15, 0.2) is 39.4 Å². The van der Waals surface area contributed by atoms with E-state index in [1.54, 1.807) is 18.4 Å². The van der Waals surface area contributed by atoms with Crippen LogP contribution in [0.25, 0.3) is 0 Å². The van der Waals surface area contributed by atoms with Crippen molar-refractivity contribution in [2.75, 3.05) is 0 Å². The van der Waals surface area contributed by atoms with Gasteiger partial charge in [0.2, 0.25) is 0 Å². The standard InChI is InChI=1S/C15H14BrFO2/c16-12-8-10(3-4-13(12)17)9-15(18)6-1-2-14-11(15)5-7-19-14/h3-5,7-8,18H,1-2,6,9H2. The fraction of sp³-hybridized carbons (Fsp3) is 0.333. The molecule has 0 spiro atoms. The fourth-order valence-corrected chi connectivity index (χ4v) is 3.22. The van der Waals surface area contributed by atoms with Gasteiger partial charge in [-0.05, 0) is 52.5 Å². The van der Waals surface area contributed by atoms with E-state index in [-0.39, 0.29) is 5.82 Å². The Kier molecular flexibility index (Phi) is 3.23. The summed E-state index contributed by atoms with van der Waals surface area (Å²) in [5, 5.41) is 10.9. The van der Waals surface area contributed by atoms with Crippen molar-refractivity contribution >= 4 is 15.9 Å². The normalized spacial score (nSPS) is 22.3. The molecule has 2 aromatic rings. The van der Waals surface area contributed by atoms with E-state index in [4.69, 9.17) is 4.42 Å². The van der Waals surface area contributed by atoms with Crippen LogP contribution in [0, 0.1) is 5.82 Å². The summed E-state index contributed by atoms with van der Waals surface area (Å²) in [5.41, 5.74) is 0.877. The maximum Gasteiger partial charge on any atom is 0.137 e. The molecule has 0 saturated heterocycles. The van der Waals surface area contributed by atoms with Gasteiger partial charge in [0.05, 0.1) is 16.3 Å². The van der Waals surface area contributed by atoms with Crippen LogP contribution >= 0.6 is 15.9 Å². The number of furan rings is 1. The van der Waals surface area contributed by atoms with Gasteiger partial charge in [-0.15, -0.1) is 0 Å². The summed E-state index contributed by atoms with van der Waals surface area (Å²) in [4.78, 5) is 0. The average molecular weight is 325 g/mol. The Balaban J connectivity index is 1.93. The van der Waals surface area contributed by atoms with E-state index in [0.717, 1.165) is 29.7 Å². The average Bonchev–Trinajstić information content (AvgIpc) is 2.84. The SMILES string of the molecule is OC1(Cc2ccc(F)c(Br)c2)CCCc2occc21. The topological polar surface area (TPSA) is 33.4 Å². The molecule has 1 heterocycles. The van der Waals surface area contributed by atoms with E-state index >= 15 is 0 Å². The van der Waals surface area contributed by atoms with E-state index < -0.39 is 5.60 Å². The molecule has 19 heavy (non-hydrogen) atoms. The number of hydrogen-bond donors (Lipinski definition) is 1. The first-order chi connectivity index (χ1) is 9.08. The molecule has 0 fully saturated rings. The van der Waals surface area contributed by atoms with Crippen molar-refractivity contribution in [2.24, 2.45) is 0 Å². The van der Waals surface area contributed by atoms with Gasteiger partial charge in [-0.25, -0.2) is 4.39 Å². The van der Waals surface area contributed by atoms with E-state index in [9.17, 15) is 9.50 Å². The van der Waals surface area contributed by atoms with Crippen molar-refractivity contribution < 1.29 is 13.9 Å². The predicted molar refractivity (Wildman–Crippen MR) is 73.3 cm³/mol. The Morgan fingerprint density at radius 3 is 3.00 bits per heavy atom. The minimum absolute atomic E-state index is 0.289. The van der Waals surface area contributed by atoms with Crippen LogP contribution in [0.1, 0.15) is 29.7 Å². The maximum atomic E-state index is 13.2. The van der Waals surface area contributed by atoms with Crippen LogP contribution in [0.4, 0.5) is 4.39 Å². The molecule has 4 heteroatoms. The number of aryl methyl sites for hydroxylation is 1. The van der Waals surface area contributed by atoms with Gasteiger partial charge in [-0.1, -0.05) is 6.07 Å². The number of aliphatic hydroxyl groups is 1. The molecule has 0 radical (unpaired) electrons. The summed E-state index contributed by atoms with van der Waals surface area (Å²) >= 11 is 3.18. The van der Waals surface area contributed by atoms with E-state index in [0.29, 0.717) is 17.3 Å². The second-order valence-electron chi connectivity index (χ2n) is 5.07. The zero-order valence-electron chi connectivity index (χ0n) is 10.3. The molecule has 1 aromatic heterocycles. The Morgan fingerprint density at radius 2 is 2.21 bits per heavy atom. The molecular formula is C15H14BrFO2. The number of halogens is 2. The molecule has 1 aliphatic carbocycles. The summed E-state index contributed by atoms with van der Waals surface area (Å²) < 4.78 is 19.1. The first-order valence-electron chi connectivity index (χ1n) is 6.32. The highest BCUT2D eigenvalue weighted by Gasteiger charge is 2.36. The second kappa shape index (κ2) is 4.76. The van der Waals surface area contributed by atoms with Crippen molar-refractivity contribution in [3.63, 3.8) is 0 Å². The minimum Gasteiger partial charge on any atom is -0.469 e. The third kappa shape index (κ3) is 2.35. The van der Waals surface area contributed by atoms with Crippen LogP contribution in [-0.4, -0.2) is 5.11 Å². The molecule has 2 nitrogen and oxygen atoms in total. The van der Waals surface area contributed by atoms with Crippen LogP contribution in [0.5, 0.6) is 0 Å². The van der Waals surface area contributed by atoms with Gasteiger partial charge in [-0.3, -0.25) is 0 Å². The number of rotatable bonds is 2. The molecule has 0 aliphatic heterocycles. The summed E-state index contributed by atoms with van der Waals surface area (Å²) in [7, 11) is 0. The molecule has 1 atom stereocenters. The van der Waals surface area contributed by atoms with E-state index in [2.05, 4.69) is 15.9 Å². The Morgan fingerprint density at radius 1 is 1.37 bits per heavy atom. The van der Waals surface area contributed by atoms with Crippen molar-refractivity contribution in [1.82, 2.24) is 0 Å². The molecule has 1 aliphatic rings. The van der Waals surface area contributed by atoms with Crippen molar-refractivity contribution in [3.8, 4) is 0 Å². The Hall–Kier alpha value is -1.13. The molecule has 3 rings (SSSR count). The zero-order valence-corrected chi connectivity index (χ0v) is 11.9. The Bertz CT molecular complexity index is 608. The lowest BCUT2D eigenvalue weighted by atomic mass is 9.79. The van der Waals surface area contributed by atoms with Crippen molar-refractivity contribution in [1.29, 1.82) is 0 Å². The molecule has 1 N–H and O–H groups in total. The largest absolute Gasteiger partial charge is 0.469 e. The number of hydrogen-bond acceptors (Lipinski definition) is 2. The van der Waals surface area contributed by atoms with Crippen LogP contribution < -0.4 is 0 Å². The number of fused-ring (bicyclic) bond motifs is 1. The smallest absolute Gasteiger partial charge is 0.137 e. The van der Waals surface area contributed by atoms with Gasteiger partial charge in [0.15, 0.2) is 0 Å². The lowest BCUT2D eigenvalue weighted by Gasteiger charge is -2.32. The lowest BCUT2D eigenvalue weighted by molar-refractivity contribution is 0.0168. The lowest BCUT2D eigenvalue weighted by Crippen LogP contribution is -2.32. The first kappa shape index (κ1) is 12.9. The maximum absolute atomic E-state index is 13.2. The predicted octanol–water partition coefficient (Wildman–Crippen LogP) is 3.95. The van der Waals surface area contributed by atoms with Gasteiger partial charge < -0.3 is 9.52 Å². The van der Waals surface area contributed by atoms with Crippen LogP contribution in [-0.2, 0) is 18.4 Å². The third-order valence-corrected chi connectivity index (χ3v) is 4.33. The van der Waals surface area contributed by atoms with Gasteiger partial charge in [-0.2, -0.15) is 0 Å². The monoisotopic (exact) mass is 324 g/mol. The quantitative estimate of drug-likeness (QED) is 0.907. The molecule has 0 bridgehead atoms. The molecule has 0 amide bonds. The third-order valence-electron chi connectivity index (χ3n) is 3.72. The van der Waals surface area contributed by atoms with E-state index in [1.807, 2.05) is 6.07 Å². The minimum atomic E-state index is -0.905. The molecule has 1 unspecified atom stereocenters. The summed E-state index contributed by atoms with van der Waals surface area (Å²) in [6.45, 7) is 0. The Labute approximate surface area is 119 Å². The molecule has 100 valence electrons. The van der Waals surface area contributed by atoms with Gasteiger partial charge >= 0.3 is 0 Å². The number of benzene rings is 1. The first-order valence-corrected chi connectivity index (χ1v) is 7.11. The van der Waals surface area contributed by atoms with Crippen molar-refractivity contribution in [3.05, 3.63) is 57.7 Å². The molecular weight excluding hydrogens is 311 g/mol. The van der Waals surface area contributed by atoms with E-state index in [1.165, 1.54) is 6.07 Å². The fourth-order valence-electron chi connectivity index (χ4n) is 2.80. The summed E-state index contributed by atoms with van der Waals surface area (Å²) in [6, 6.07) is 6.70. The van der Waals surface area contributed by atoms with Gasteiger partial charge in [0.1, 0.15) is 11.6 Å². The summed E-state index contributed by atoms with van der Waals surface area (Å²) in [6.07, 6.45) is 4.58. The highest BCUT2D eigenvalue weighted by molar-refractivity contribution is 9.10. The van der Waals surface area contributed by atoms with Crippen LogP contribution in [0.3, 0.4) is 0 Å². The van der Waals surface area contributed by atoms with Crippen LogP contribution in [0.2, 0.25) is 0 Å². The zero-order chi connectivity index (χ0) is 13.5. The summed E-state index contributed by atoms with van der Waals surface area (Å²) in [5.74, 6) is 0.582. The molecule has 1 aromatic carbocycles. The van der Waals surface area contributed by atoms with Gasteiger partial charge in [0.25, 0.3) is 0 Å². The van der Waals surface area contributed by atoms with Gasteiger partial charge in [0, 0.05) is 18.4 Å². The molecule has 0 saturated carbocycles. The van der Waals surface area contributed by atoms with Crippen molar-refractivity contribution in [2.45, 2.75) is 31.3 Å². The highest BCUT2D eigenvalue weighted by Crippen LogP contribution is 2.38. The highest BCUT2D eigenvalue weighted by atomic mass is 79.9. The second-order valence-corrected chi connectivity index (χ2v) is 5.92.